The molecule has 5 nitrogen and oxygen atoms in total. The van der Waals surface area contributed by atoms with Crippen molar-refractivity contribution in [3.8, 4) is 0 Å². The summed E-state index contributed by atoms with van der Waals surface area (Å²) in [6.07, 6.45) is 0.225. The lowest BCUT2D eigenvalue weighted by atomic mass is 9.92. The van der Waals surface area contributed by atoms with Gasteiger partial charge in [0.05, 0.1) is 0 Å². The smallest absolute Gasteiger partial charge is 0.211 e. The molecule has 0 fully saturated rings. The summed E-state index contributed by atoms with van der Waals surface area (Å²) in [5.74, 6) is -0.722. The number of hydrogen-bond donors (Lipinski definition) is 2. The molecule has 3 aromatic rings. The second-order valence-corrected chi connectivity index (χ2v) is 7.62. The Morgan fingerprint density at radius 3 is 2.13 bits per heavy atom. The van der Waals surface area contributed by atoms with Gasteiger partial charge in [0, 0.05) is 35.3 Å². The Labute approximate surface area is 184 Å². The van der Waals surface area contributed by atoms with Crippen molar-refractivity contribution in [3.63, 3.8) is 0 Å². The number of nitrogen functional groups attached to an aromatic ring is 1. The molecule has 0 unspecified atom stereocenters. The molecule has 6 heteroatoms. The molecule has 0 saturated heterocycles. The van der Waals surface area contributed by atoms with Gasteiger partial charge < -0.3 is 11.1 Å². The number of Topliss-reactive ketones (excluding diaryl/α,β-unsaturated/α-hetero) is 3. The van der Waals surface area contributed by atoms with Crippen molar-refractivity contribution in [3.05, 3.63) is 111 Å². The Morgan fingerprint density at radius 2 is 1.45 bits per heavy atom. The van der Waals surface area contributed by atoms with E-state index in [1.165, 1.54) is 0 Å². The number of ketones is 3. The predicted octanol–water partition coefficient (Wildman–Crippen LogP) is 4.31. The Kier molecular flexibility index (Phi) is 5.69. The van der Waals surface area contributed by atoms with Crippen molar-refractivity contribution in [1.29, 1.82) is 0 Å². The van der Waals surface area contributed by atoms with Crippen LogP contribution in [0.5, 0.6) is 0 Å². The van der Waals surface area contributed by atoms with Gasteiger partial charge in [-0.2, -0.15) is 0 Å². The fourth-order valence-corrected chi connectivity index (χ4v) is 3.73. The number of nitrogens with two attached hydrogens (primary N) is 1. The number of benzene rings is 3. The molecular weight excluding hydrogens is 412 g/mol. The number of nitrogens with one attached hydrogen (secondary N) is 1. The number of fused-ring (bicyclic) bond motifs is 1. The van der Waals surface area contributed by atoms with E-state index in [0.29, 0.717) is 22.4 Å². The predicted molar refractivity (Wildman–Crippen MR) is 120 cm³/mol. The number of halogens is 1. The number of carbonyl (C=O) groups excluding carboxylic acids is 3. The fourth-order valence-electron chi connectivity index (χ4n) is 3.47. The van der Waals surface area contributed by atoms with Gasteiger partial charge in [0.25, 0.3) is 0 Å². The van der Waals surface area contributed by atoms with Gasteiger partial charge in [-0.1, -0.05) is 78.3 Å². The van der Waals surface area contributed by atoms with Crippen LogP contribution in [0.2, 0.25) is 0 Å². The number of para-hydroxylation sites is 1. The topological polar surface area (TPSA) is 89.3 Å². The zero-order chi connectivity index (χ0) is 22.0. The van der Waals surface area contributed by atoms with Crippen molar-refractivity contribution in [2.75, 3.05) is 5.73 Å². The van der Waals surface area contributed by atoms with E-state index >= 15 is 0 Å². The zero-order valence-corrected chi connectivity index (χ0v) is 17.3. The maximum Gasteiger partial charge on any atom is 0.211 e. The summed E-state index contributed by atoms with van der Waals surface area (Å²) in [4.78, 5) is 37.7. The van der Waals surface area contributed by atoms with E-state index in [9.17, 15) is 14.4 Å². The second kappa shape index (κ2) is 8.58. The zero-order valence-electron chi connectivity index (χ0n) is 16.5. The highest BCUT2D eigenvalue weighted by molar-refractivity contribution is 6.49. The Bertz CT molecular complexity index is 1230. The summed E-state index contributed by atoms with van der Waals surface area (Å²) in [5, 5.41) is 2.87. The van der Waals surface area contributed by atoms with Crippen LogP contribution < -0.4 is 11.1 Å². The van der Waals surface area contributed by atoms with E-state index in [4.69, 9.17) is 17.3 Å². The summed E-state index contributed by atoms with van der Waals surface area (Å²) >= 11 is 6.17. The van der Waals surface area contributed by atoms with Crippen LogP contribution in [0.4, 0.5) is 5.69 Å². The third kappa shape index (κ3) is 4.13. The van der Waals surface area contributed by atoms with Gasteiger partial charge in [-0.05, 0) is 17.2 Å². The lowest BCUT2D eigenvalue weighted by molar-refractivity contribution is 0.0974. The molecule has 0 saturated carbocycles. The Morgan fingerprint density at radius 1 is 0.839 bits per heavy atom. The molecule has 0 spiro atoms. The van der Waals surface area contributed by atoms with E-state index < -0.39 is 0 Å². The minimum absolute atomic E-state index is 0.0344. The summed E-state index contributed by atoms with van der Waals surface area (Å²) in [5.41, 5.74) is 9.44. The number of carbonyl (C=O) groups is 3. The van der Waals surface area contributed by atoms with E-state index in [2.05, 4.69) is 5.32 Å². The van der Waals surface area contributed by atoms with Crippen molar-refractivity contribution in [1.82, 2.24) is 5.32 Å². The van der Waals surface area contributed by atoms with Crippen LogP contribution in [0.15, 0.2) is 83.5 Å². The third-order valence-electron chi connectivity index (χ3n) is 5.21. The molecule has 0 amide bonds. The molecule has 3 aromatic carbocycles. The number of hydrogen-bond acceptors (Lipinski definition) is 5. The van der Waals surface area contributed by atoms with Gasteiger partial charge in [-0.3, -0.25) is 14.4 Å². The first-order valence-electron chi connectivity index (χ1n) is 9.73. The highest BCUT2D eigenvalue weighted by Gasteiger charge is 2.30. The van der Waals surface area contributed by atoms with Gasteiger partial charge in [0.1, 0.15) is 10.7 Å². The fraction of sp³-hybridized carbons (Fsp3) is 0.0800. The molecule has 4 rings (SSSR count). The molecule has 154 valence electrons. The minimum atomic E-state index is -0.375. The molecule has 0 atom stereocenters. The quantitative estimate of drug-likeness (QED) is 0.449. The molecular formula is C25H19ClN2O3. The van der Waals surface area contributed by atoms with Crippen LogP contribution in [0.25, 0.3) is 0 Å². The van der Waals surface area contributed by atoms with Gasteiger partial charge in [0.15, 0.2) is 5.78 Å². The molecule has 0 aromatic heterocycles. The Hall–Kier alpha value is -3.70. The van der Waals surface area contributed by atoms with Gasteiger partial charge in [-0.15, -0.1) is 0 Å². The second-order valence-electron chi connectivity index (χ2n) is 7.24. The first-order valence-corrected chi connectivity index (χ1v) is 10.1. The monoisotopic (exact) mass is 430 g/mol. The maximum absolute atomic E-state index is 12.7. The van der Waals surface area contributed by atoms with Crippen molar-refractivity contribution < 1.29 is 14.4 Å². The number of allylic oxidation sites excluding steroid dienone is 2. The average Bonchev–Trinajstić information content (AvgIpc) is 2.79. The first kappa shape index (κ1) is 20.6. The first-order chi connectivity index (χ1) is 15.0. The molecule has 1 aliphatic rings. The molecule has 1 aliphatic carbocycles. The largest absolute Gasteiger partial charge is 0.398 e. The standard InChI is InChI=1S/C25H19ClN2O3/c26-22-23(25(31)19-7-3-2-6-18(19)24(22)30)28-14-15-9-11-16(12-10-15)21(29)13-17-5-1-4-8-20(17)27/h1-12,28H,13-14,27H2. The maximum atomic E-state index is 12.7. The molecule has 3 N–H and O–H groups in total. The molecule has 0 heterocycles. The van der Waals surface area contributed by atoms with E-state index in [0.717, 1.165) is 11.1 Å². The van der Waals surface area contributed by atoms with E-state index in [-0.39, 0.29) is 41.0 Å². The van der Waals surface area contributed by atoms with Gasteiger partial charge in [0.2, 0.25) is 11.6 Å². The summed E-state index contributed by atoms with van der Waals surface area (Å²) < 4.78 is 0. The van der Waals surface area contributed by atoms with Gasteiger partial charge >= 0.3 is 0 Å². The van der Waals surface area contributed by atoms with Crippen LogP contribution in [0.1, 0.15) is 42.2 Å². The molecule has 31 heavy (non-hydrogen) atoms. The van der Waals surface area contributed by atoms with Crippen LogP contribution in [0, 0.1) is 0 Å². The van der Waals surface area contributed by atoms with Crippen LogP contribution >= 0.6 is 11.6 Å². The summed E-state index contributed by atoms with van der Waals surface area (Å²) in [6.45, 7) is 0.285. The number of anilines is 1. The lowest BCUT2D eigenvalue weighted by Gasteiger charge is -2.19. The minimum Gasteiger partial charge on any atom is -0.398 e. The average molecular weight is 431 g/mol. The molecule has 0 bridgehead atoms. The van der Waals surface area contributed by atoms with Crippen LogP contribution in [-0.2, 0) is 13.0 Å². The Balaban J connectivity index is 1.45. The molecule has 0 radical (unpaired) electrons. The summed E-state index contributed by atoms with van der Waals surface area (Å²) in [6, 6.07) is 21.0. The number of rotatable bonds is 6. The van der Waals surface area contributed by atoms with Crippen molar-refractivity contribution in [2.24, 2.45) is 0 Å². The van der Waals surface area contributed by atoms with Crippen LogP contribution in [0.3, 0.4) is 0 Å². The lowest BCUT2D eigenvalue weighted by Crippen LogP contribution is -2.28. The van der Waals surface area contributed by atoms with E-state index in [1.807, 2.05) is 18.2 Å². The summed E-state index contributed by atoms with van der Waals surface area (Å²) in [7, 11) is 0. The molecule has 0 aliphatic heterocycles. The highest BCUT2D eigenvalue weighted by atomic mass is 35.5. The van der Waals surface area contributed by atoms with Crippen molar-refractivity contribution >= 4 is 34.6 Å². The van der Waals surface area contributed by atoms with Crippen LogP contribution in [-0.4, -0.2) is 17.3 Å². The third-order valence-corrected chi connectivity index (χ3v) is 5.57. The van der Waals surface area contributed by atoms with Gasteiger partial charge in [-0.25, -0.2) is 0 Å². The van der Waals surface area contributed by atoms with Crippen molar-refractivity contribution in [2.45, 2.75) is 13.0 Å². The normalized spacial score (nSPS) is 13.2. The highest BCUT2D eigenvalue weighted by Crippen LogP contribution is 2.27. The van der Waals surface area contributed by atoms with E-state index in [1.54, 1.807) is 54.6 Å². The SMILES string of the molecule is Nc1ccccc1CC(=O)c1ccc(CNC2=C(Cl)C(=O)c3ccccc3C2=O)cc1.